The fourth-order valence-corrected chi connectivity index (χ4v) is 2.06. The van der Waals surface area contributed by atoms with Crippen molar-refractivity contribution >= 4 is 5.91 Å². The molecule has 0 aromatic heterocycles. The van der Waals surface area contributed by atoms with Crippen LogP contribution in [0.15, 0.2) is 60.7 Å². The normalized spacial score (nSPS) is 13.4. The predicted octanol–water partition coefficient (Wildman–Crippen LogP) is 2.05. The van der Waals surface area contributed by atoms with E-state index in [9.17, 15) is 9.90 Å². The molecule has 2 N–H and O–H groups in total. The minimum Gasteiger partial charge on any atom is -0.383 e. The van der Waals surface area contributed by atoms with Crippen LogP contribution in [0.2, 0.25) is 0 Å². The lowest BCUT2D eigenvalue weighted by Crippen LogP contribution is -2.38. The van der Waals surface area contributed by atoms with Crippen LogP contribution >= 0.6 is 0 Å². The van der Waals surface area contributed by atoms with Gasteiger partial charge in [0.15, 0.2) is 6.23 Å². The second-order valence-electron chi connectivity index (χ2n) is 4.74. The van der Waals surface area contributed by atoms with Crippen LogP contribution in [-0.2, 0) is 16.0 Å². The molecule has 2 aromatic rings. The Bertz CT molecular complexity index is 557. The molecule has 0 fully saturated rings. The third-order valence-corrected chi connectivity index (χ3v) is 3.19. The van der Waals surface area contributed by atoms with E-state index in [1.165, 1.54) is 7.11 Å². The minimum atomic E-state index is -1.10. The molecule has 0 saturated heterocycles. The van der Waals surface area contributed by atoms with Crippen LogP contribution in [0.5, 0.6) is 0 Å². The molecular formula is C17H19NO3. The Balaban J connectivity index is 1.96. The molecule has 0 radical (unpaired) electrons. The highest BCUT2D eigenvalue weighted by molar-refractivity contribution is 5.81. The number of hydrogen-bond donors (Lipinski definition) is 2. The lowest BCUT2D eigenvalue weighted by molar-refractivity contribution is -0.133. The summed E-state index contributed by atoms with van der Waals surface area (Å²) in [6.07, 6.45) is -1.39. The standard InChI is InChI=1S/C17H19NO3/c1-21-17(14-10-6-3-7-11-14)18-16(20)15(19)12-13-8-4-2-5-9-13/h2-11,15,17,19H,12H2,1H3,(H,18,20)/t15-,17-/m1/s1. The van der Waals surface area contributed by atoms with Gasteiger partial charge < -0.3 is 15.2 Å². The fourth-order valence-electron chi connectivity index (χ4n) is 2.06. The first-order valence-corrected chi connectivity index (χ1v) is 6.81. The highest BCUT2D eigenvalue weighted by Crippen LogP contribution is 2.13. The summed E-state index contributed by atoms with van der Waals surface area (Å²) < 4.78 is 5.26. The van der Waals surface area contributed by atoms with E-state index in [4.69, 9.17) is 4.74 Å². The molecule has 0 spiro atoms. The number of aliphatic hydroxyl groups is 1. The van der Waals surface area contributed by atoms with Crippen LogP contribution in [0.4, 0.5) is 0 Å². The number of rotatable bonds is 6. The largest absolute Gasteiger partial charge is 0.383 e. The predicted molar refractivity (Wildman–Crippen MR) is 80.5 cm³/mol. The molecule has 2 rings (SSSR count). The van der Waals surface area contributed by atoms with Crippen LogP contribution in [0.1, 0.15) is 17.4 Å². The highest BCUT2D eigenvalue weighted by Gasteiger charge is 2.20. The molecule has 0 aliphatic carbocycles. The van der Waals surface area contributed by atoms with Crippen molar-refractivity contribution in [3.05, 3.63) is 71.8 Å². The summed E-state index contributed by atoms with van der Waals surface area (Å²) in [7, 11) is 1.52. The molecule has 0 saturated carbocycles. The quantitative estimate of drug-likeness (QED) is 0.799. The highest BCUT2D eigenvalue weighted by atomic mass is 16.5. The van der Waals surface area contributed by atoms with E-state index in [1.807, 2.05) is 60.7 Å². The number of aliphatic hydroxyl groups excluding tert-OH is 1. The van der Waals surface area contributed by atoms with E-state index in [2.05, 4.69) is 5.32 Å². The topological polar surface area (TPSA) is 58.6 Å². The first kappa shape index (κ1) is 15.2. The number of ether oxygens (including phenoxy) is 1. The van der Waals surface area contributed by atoms with E-state index >= 15 is 0 Å². The maximum atomic E-state index is 12.0. The van der Waals surface area contributed by atoms with Crippen LogP contribution in [0.25, 0.3) is 0 Å². The van der Waals surface area contributed by atoms with Gasteiger partial charge in [0, 0.05) is 19.1 Å². The Hall–Kier alpha value is -2.17. The van der Waals surface area contributed by atoms with Gasteiger partial charge in [0.25, 0.3) is 5.91 Å². The lowest BCUT2D eigenvalue weighted by Gasteiger charge is -2.19. The average Bonchev–Trinajstić information content (AvgIpc) is 2.54. The molecule has 4 nitrogen and oxygen atoms in total. The number of hydrogen-bond acceptors (Lipinski definition) is 3. The third-order valence-electron chi connectivity index (χ3n) is 3.19. The number of nitrogens with one attached hydrogen (secondary N) is 1. The van der Waals surface area contributed by atoms with Crippen LogP contribution in [-0.4, -0.2) is 24.2 Å². The molecule has 0 aliphatic heterocycles. The van der Waals surface area contributed by atoms with E-state index in [1.54, 1.807) is 0 Å². The molecule has 4 heteroatoms. The van der Waals surface area contributed by atoms with E-state index < -0.39 is 18.2 Å². The van der Waals surface area contributed by atoms with E-state index in [0.717, 1.165) is 11.1 Å². The molecular weight excluding hydrogens is 266 g/mol. The maximum absolute atomic E-state index is 12.0. The van der Waals surface area contributed by atoms with Gasteiger partial charge in [0.05, 0.1) is 0 Å². The smallest absolute Gasteiger partial charge is 0.251 e. The zero-order chi connectivity index (χ0) is 15.1. The summed E-state index contributed by atoms with van der Waals surface area (Å²) in [6, 6.07) is 18.7. The summed E-state index contributed by atoms with van der Waals surface area (Å²) in [5.74, 6) is -0.449. The summed E-state index contributed by atoms with van der Waals surface area (Å²) in [5, 5.41) is 12.7. The second-order valence-corrected chi connectivity index (χ2v) is 4.74. The van der Waals surface area contributed by atoms with E-state index in [0.29, 0.717) is 0 Å². The first-order chi connectivity index (χ1) is 10.2. The Morgan fingerprint density at radius 3 is 2.24 bits per heavy atom. The van der Waals surface area contributed by atoms with Gasteiger partial charge >= 0.3 is 0 Å². The van der Waals surface area contributed by atoms with Gasteiger partial charge in [-0.05, 0) is 5.56 Å². The molecule has 110 valence electrons. The number of amides is 1. The van der Waals surface area contributed by atoms with Gasteiger partial charge in [-0.3, -0.25) is 4.79 Å². The van der Waals surface area contributed by atoms with Gasteiger partial charge in [-0.15, -0.1) is 0 Å². The summed E-state index contributed by atoms with van der Waals surface area (Å²) in [6.45, 7) is 0. The van der Waals surface area contributed by atoms with Gasteiger partial charge in [0.2, 0.25) is 0 Å². The van der Waals surface area contributed by atoms with Gasteiger partial charge in [-0.25, -0.2) is 0 Å². The molecule has 21 heavy (non-hydrogen) atoms. The third kappa shape index (κ3) is 4.41. The summed E-state index contributed by atoms with van der Waals surface area (Å²) in [4.78, 5) is 12.0. The first-order valence-electron chi connectivity index (χ1n) is 6.81. The molecule has 0 heterocycles. The second kappa shape index (κ2) is 7.57. The molecule has 0 bridgehead atoms. The zero-order valence-corrected chi connectivity index (χ0v) is 11.9. The molecule has 0 unspecified atom stereocenters. The number of carbonyl (C=O) groups excluding carboxylic acids is 1. The van der Waals surface area contributed by atoms with Crippen molar-refractivity contribution in [3.8, 4) is 0 Å². The SMILES string of the molecule is CO[C@@H](NC(=O)[C@H](O)Cc1ccccc1)c1ccccc1. The number of benzene rings is 2. The maximum Gasteiger partial charge on any atom is 0.251 e. The van der Waals surface area contributed by atoms with E-state index in [-0.39, 0.29) is 6.42 Å². The van der Waals surface area contributed by atoms with Crippen LogP contribution < -0.4 is 5.32 Å². The Kier molecular flexibility index (Phi) is 5.49. The van der Waals surface area contributed by atoms with Crippen molar-refractivity contribution in [1.82, 2.24) is 5.32 Å². The van der Waals surface area contributed by atoms with Crippen molar-refractivity contribution < 1.29 is 14.6 Å². The Morgan fingerprint density at radius 1 is 1.10 bits per heavy atom. The van der Waals surface area contributed by atoms with Crippen molar-refractivity contribution in [2.45, 2.75) is 18.8 Å². The van der Waals surface area contributed by atoms with Gasteiger partial charge in [-0.1, -0.05) is 60.7 Å². The van der Waals surface area contributed by atoms with Crippen molar-refractivity contribution in [2.24, 2.45) is 0 Å². The van der Waals surface area contributed by atoms with Crippen molar-refractivity contribution in [2.75, 3.05) is 7.11 Å². The fraction of sp³-hybridized carbons (Fsp3) is 0.235. The zero-order valence-electron chi connectivity index (χ0n) is 11.9. The Labute approximate surface area is 124 Å². The van der Waals surface area contributed by atoms with Gasteiger partial charge in [-0.2, -0.15) is 0 Å². The minimum absolute atomic E-state index is 0.276. The van der Waals surface area contributed by atoms with Crippen LogP contribution in [0.3, 0.4) is 0 Å². The molecule has 2 aromatic carbocycles. The summed E-state index contributed by atoms with van der Waals surface area (Å²) in [5.41, 5.74) is 1.74. The monoisotopic (exact) mass is 285 g/mol. The number of methoxy groups -OCH3 is 1. The number of carbonyl (C=O) groups is 1. The average molecular weight is 285 g/mol. The Morgan fingerprint density at radius 2 is 1.67 bits per heavy atom. The van der Waals surface area contributed by atoms with Gasteiger partial charge in [0.1, 0.15) is 6.10 Å². The van der Waals surface area contributed by atoms with Crippen molar-refractivity contribution in [3.63, 3.8) is 0 Å². The van der Waals surface area contributed by atoms with Crippen LogP contribution in [0, 0.1) is 0 Å². The van der Waals surface area contributed by atoms with Crippen molar-refractivity contribution in [1.29, 1.82) is 0 Å². The lowest BCUT2D eigenvalue weighted by atomic mass is 10.1. The summed E-state index contributed by atoms with van der Waals surface area (Å²) >= 11 is 0. The molecule has 0 aliphatic rings. The molecule has 1 amide bonds. The molecule has 2 atom stereocenters.